The predicted molar refractivity (Wildman–Crippen MR) is 59.7 cm³/mol. The van der Waals surface area contributed by atoms with Gasteiger partial charge in [-0.15, -0.1) is 5.10 Å². The molecule has 0 unspecified atom stereocenters. The van der Waals surface area contributed by atoms with Crippen LogP contribution in [0.2, 0.25) is 0 Å². The van der Waals surface area contributed by atoms with Crippen molar-refractivity contribution >= 4 is 0 Å². The van der Waals surface area contributed by atoms with E-state index in [0.717, 1.165) is 18.3 Å². The van der Waals surface area contributed by atoms with Crippen molar-refractivity contribution in [1.29, 1.82) is 0 Å². The van der Waals surface area contributed by atoms with Gasteiger partial charge in [0.15, 0.2) is 5.82 Å². The van der Waals surface area contributed by atoms with E-state index in [2.05, 4.69) is 34.7 Å². The summed E-state index contributed by atoms with van der Waals surface area (Å²) < 4.78 is 2.01. The normalized spacial score (nSPS) is 21.4. The summed E-state index contributed by atoms with van der Waals surface area (Å²) in [6.45, 7) is 5.27. The molecule has 0 atom stereocenters. The first-order valence-electron chi connectivity index (χ1n) is 6.19. The fourth-order valence-corrected chi connectivity index (χ4v) is 2.25. The van der Waals surface area contributed by atoms with Crippen molar-refractivity contribution in [3.8, 4) is 0 Å². The van der Waals surface area contributed by atoms with Gasteiger partial charge in [0.05, 0.1) is 12.1 Å². The Kier molecular flexibility index (Phi) is 2.24. The van der Waals surface area contributed by atoms with Gasteiger partial charge in [-0.2, -0.15) is 0 Å². The van der Waals surface area contributed by atoms with Crippen LogP contribution in [-0.4, -0.2) is 26.2 Å². The minimum Gasteiger partial charge on any atom is -0.307 e. The van der Waals surface area contributed by atoms with Crippen LogP contribution in [0.4, 0.5) is 0 Å². The number of hydrogen-bond donors (Lipinski definition) is 1. The van der Waals surface area contributed by atoms with Crippen LogP contribution in [0.5, 0.6) is 0 Å². The van der Waals surface area contributed by atoms with E-state index in [4.69, 9.17) is 0 Å². The molecule has 2 saturated carbocycles. The van der Waals surface area contributed by atoms with Crippen molar-refractivity contribution in [2.45, 2.75) is 57.7 Å². The monoisotopic (exact) mass is 221 g/mol. The Hall–Kier alpha value is -0.970. The van der Waals surface area contributed by atoms with Crippen LogP contribution in [0.1, 0.15) is 45.4 Å². The molecule has 1 aromatic rings. The first-order valence-corrected chi connectivity index (χ1v) is 6.19. The Morgan fingerprint density at radius 3 is 2.69 bits per heavy atom. The summed E-state index contributed by atoms with van der Waals surface area (Å²) in [6, 6.07) is 0.703. The summed E-state index contributed by atoms with van der Waals surface area (Å²) in [5, 5.41) is 15.6. The largest absolute Gasteiger partial charge is 0.307 e. The Morgan fingerprint density at radius 1 is 1.31 bits per heavy atom. The van der Waals surface area contributed by atoms with Gasteiger partial charge in [0.1, 0.15) is 0 Å². The fourth-order valence-electron chi connectivity index (χ4n) is 2.25. The van der Waals surface area contributed by atoms with Crippen LogP contribution in [0.15, 0.2) is 0 Å². The van der Waals surface area contributed by atoms with Gasteiger partial charge < -0.3 is 5.32 Å². The molecule has 88 valence electrons. The zero-order chi connectivity index (χ0) is 11.2. The molecule has 5 nitrogen and oxygen atoms in total. The maximum atomic E-state index is 4.16. The van der Waals surface area contributed by atoms with E-state index in [-0.39, 0.29) is 5.54 Å². The molecule has 2 aliphatic carbocycles. The lowest BCUT2D eigenvalue weighted by molar-refractivity contribution is 0.257. The lowest BCUT2D eigenvalue weighted by atomic mass is 9.99. The topological polar surface area (TPSA) is 55.6 Å². The van der Waals surface area contributed by atoms with Gasteiger partial charge in [0, 0.05) is 6.04 Å². The van der Waals surface area contributed by atoms with E-state index in [1.54, 1.807) is 0 Å². The first-order chi connectivity index (χ1) is 7.68. The summed E-state index contributed by atoms with van der Waals surface area (Å²) in [6.07, 6.45) is 5.21. The van der Waals surface area contributed by atoms with E-state index in [1.165, 1.54) is 25.7 Å². The van der Waals surface area contributed by atoms with E-state index in [1.807, 2.05) is 4.68 Å². The molecule has 1 aromatic heterocycles. The molecule has 0 spiro atoms. The highest BCUT2D eigenvalue weighted by Gasteiger charge is 2.41. The van der Waals surface area contributed by atoms with E-state index in [0.29, 0.717) is 6.04 Å². The molecule has 16 heavy (non-hydrogen) atoms. The number of nitrogens with one attached hydrogen (secondary N) is 1. The Morgan fingerprint density at radius 2 is 2.06 bits per heavy atom. The minimum atomic E-state index is 0.0735. The Bertz CT molecular complexity index is 375. The van der Waals surface area contributed by atoms with E-state index < -0.39 is 0 Å². The molecule has 0 bridgehead atoms. The molecule has 2 fully saturated rings. The van der Waals surface area contributed by atoms with Gasteiger partial charge in [0.2, 0.25) is 0 Å². The van der Waals surface area contributed by atoms with Crippen LogP contribution >= 0.6 is 0 Å². The molecule has 0 amide bonds. The summed E-state index contributed by atoms with van der Waals surface area (Å²) in [5.74, 6) is 1.72. The number of nitrogens with zero attached hydrogens (tertiary/aromatic N) is 4. The highest BCUT2D eigenvalue weighted by Crippen LogP contribution is 2.43. The molecule has 5 heteroatoms. The van der Waals surface area contributed by atoms with Gasteiger partial charge in [0.25, 0.3) is 0 Å². The number of tetrazole rings is 1. The maximum Gasteiger partial charge on any atom is 0.165 e. The third kappa shape index (κ3) is 1.84. The number of hydrogen-bond acceptors (Lipinski definition) is 4. The van der Waals surface area contributed by atoms with Crippen molar-refractivity contribution < 1.29 is 0 Å². The number of aromatic nitrogens is 4. The second-order valence-electron chi connectivity index (χ2n) is 5.59. The van der Waals surface area contributed by atoms with Crippen molar-refractivity contribution in [2.75, 3.05) is 0 Å². The van der Waals surface area contributed by atoms with Crippen molar-refractivity contribution in [1.82, 2.24) is 25.5 Å². The summed E-state index contributed by atoms with van der Waals surface area (Å²) in [4.78, 5) is 0. The van der Waals surface area contributed by atoms with Crippen LogP contribution in [0.25, 0.3) is 0 Å². The highest BCUT2D eigenvalue weighted by molar-refractivity contribution is 4.97. The maximum absolute atomic E-state index is 4.16. The lowest BCUT2D eigenvalue weighted by Crippen LogP contribution is -2.33. The molecule has 0 aromatic carbocycles. The molecule has 1 heterocycles. The quantitative estimate of drug-likeness (QED) is 0.808. The summed E-state index contributed by atoms with van der Waals surface area (Å²) >= 11 is 0. The zero-order valence-corrected chi connectivity index (χ0v) is 9.98. The lowest BCUT2D eigenvalue weighted by Gasteiger charge is -2.25. The molecule has 3 rings (SSSR count). The second-order valence-corrected chi connectivity index (χ2v) is 5.59. The van der Waals surface area contributed by atoms with Crippen LogP contribution in [0.3, 0.4) is 0 Å². The van der Waals surface area contributed by atoms with Gasteiger partial charge >= 0.3 is 0 Å². The van der Waals surface area contributed by atoms with Crippen molar-refractivity contribution in [3.05, 3.63) is 5.82 Å². The molecule has 0 radical (unpaired) electrons. The molecule has 1 N–H and O–H groups in total. The minimum absolute atomic E-state index is 0.0735. The Balaban J connectivity index is 1.74. The van der Waals surface area contributed by atoms with Crippen molar-refractivity contribution in [2.24, 2.45) is 5.92 Å². The SMILES string of the molecule is CC(C)(C1CC1)n1nnnc1CNC1CC1. The van der Waals surface area contributed by atoms with E-state index in [9.17, 15) is 0 Å². The summed E-state index contributed by atoms with van der Waals surface area (Å²) in [7, 11) is 0. The third-order valence-electron chi connectivity index (χ3n) is 3.78. The smallest absolute Gasteiger partial charge is 0.165 e. The second kappa shape index (κ2) is 3.52. The van der Waals surface area contributed by atoms with Gasteiger partial charge in [-0.3, -0.25) is 0 Å². The summed E-state index contributed by atoms with van der Waals surface area (Å²) in [5.41, 5.74) is 0.0735. The third-order valence-corrected chi connectivity index (χ3v) is 3.78. The average Bonchev–Trinajstić information content (AvgIpc) is 3.13. The van der Waals surface area contributed by atoms with Crippen molar-refractivity contribution in [3.63, 3.8) is 0 Å². The van der Waals surface area contributed by atoms with Gasteiger partial charge in [-0.05, 0) is 55.9 Å². The fraction of sp³-hybridized carbons (Fsp3) is 0.909. The van der Waals surface area contributed by atoms with Gasteiger partial charge in [-0.25, -0.2) is 4.68 Å². The predicted octanol–water partition coefficient (Wildman–Crippen LogP) is 1.07. The zero-order valence-electron chi connectivity index (χ0n) is 9.98. The molecule has 0 saturated heterocycles. The van der Waals surface area contributed by atoms with Crippen LogP contribution in [-0.2, 0) is 12.1 Å². The van der Waals surface area contributed by atoms with Crippen LogP contribution in [0, 0.1) is 5.92 Å². The molecule has 2 aliphatic rings. The standard InChI is InChI=1S/C11H19N5/c1-11(2,8-3-4-8)16-10(13-14-15-16)7-12-9-5-6-9/h8-9,12H,3-7H2,1-2H3. The molecular formula is C11H19N5. The van der Waals surface area contributed by atoms with Gasteiger partial charge in [-0.1, -0.05) is 0 Å². The van der Waals surface area contributed by atoms with E-state index >= 15 is 0 Å². The Labute approximate surface area is 95.6 Å². The highest BCUT2D eigenvalue weighted by atomic mass is 15.6. The molecular weight excluding hydrogens is 202 g/mol. The van der Waals surface area contributed by atoms with Crippen LogP contribution < -0.4 is 5.32 Å². The number of rotatable bonds is 5. The molecule has 0 aliphatic heterocycles. The average molecular weight is 221 g/mol. The first kappa shape index (κ1) is 10.2.